The fraction of sp³-hybridized carbons (Fsp3) is 0.300. The summed E-state index contributed by atoms with van der Waals surface area (Å²) in [5, 5.41) is 3.31. The van der Waals surface area contributed by atoms with Crippen LogP contribution in [-0.4, -0.2) is 31.6 Å². The molecule has 0 spiro atoms. The molecule has 0 bridgehead atoms. The van der Waals surface area contributed by atoms with E-state index in [2.05, 4.69) is 10.2 Å². The van der Waals surface area contributed by atoms with Crippen molar-refractivity contribution in [2.45, 2.75) is 19.3 Å². The minimum Gasteiger partial charge on any atom is -0.452 e. The van der Waals surface area contributed by atoms with Gasteiger partial charge in [-0.3, -0.25) is 4.79 Å². The summed E-state index contributed by atoms with van der Waals surface area (Å²) in [6.07, 6.45) is 3.70. The highest BCUT2D eigenvalue weighted by Crippen LogP contribution is 2.23. The number of benzene rings is 2. The first-order valence-corrected chi connectivity index (χ1v) is 9.55. The lowest BCUT2D eigenvalue weighted by Crippen LogP contribution is -2.29. The lowest BCUT2D eigenvalue weighted by molar-refractivity contribution is -0.119. The van der Waals surface area contributed by atoms with Gasteiger partial charge < -0.3 is 15.0 Å². The van der Waals surface area contributed by atoms with Gasteiger partial charge in [-0.05, 0) is 61.7 Å². The average Bonchev–Trinajstić information content (AvgIpc) is 2.67. The Bertz CT molecular complexity index is 818. The van der Waals surface area contributed by atoms with Crippen LogP contribution in [0.25, 0.3) is 0 Å². The third kappa shape index (κ3) is 5.37. The van der Waals surface area contributed by atoms with Crippen LogP contribution < -0.4 is 10.2 Å². The number of halogens is 2. The van der Waals surface area contributed by atoms with E-state index in [9.17, 15) is 9.59 Å². The van der Waals surface area contributed by atoms with Gasteiger partial charge in [0.15, 0.2) is 6.61 Å². The highest BCUT2D eigenvalue weighted by molar-refractivity contribution is 6.36. The maximum absolute atomic E-state index is 12.0. The van der Waals surface area contributed by atoms with Gasteiger partial charge in [0, 0.05) is 29.5 Å². The molecule has 1 fully saturated rings. The predicted molar refractivity (Wildman–Crippen MR) is 108 cm³/mol. The number of nitrogens with zero attached hydrogens (tertiary/aromatic N) is 1. The van der Waals surface area contributed by atoms with Gasteiger partial charge in [-0.25, -0.2) is 4.79 Å². The lowest BCUT2D eigenvalue weighted by Gasteiger charge is -2.28. The number of anilines is 2. The Morgan fingerprint density at radius 1 is 1.00 bits per heavy atom. The molecule has 0 atom stereocenters. The predicted octanol–water partition coefficient (Wildman–Crippen LogP) is 4.78. The second-order valence-electron chi connectivity index (χ2n) is 6.34. The first kappa shape index (κ1) is 19.5. The lowest BCUT2D eigenvalue weighted by atomic mass is 10.1. The van der Waals surface area contributed by atoms with Gasteiger partial charge in [0.1, 0.15) is 0 Å². The molecular formula is C20H20Cl2N2O3. The molecule has 27 heavy (non-hydrogen) atoms. The molecule has 0 aliphatic carbocycles. The van der Waals surface area contributed by atoms with Gasteiger partial charge in [-0.2, -0.15) is 0 Å². The fourth-order valence-corrected chi connectivity index (χ4v) is 3.45. The Morgan fingerprint density at radius 2 is 1.70 bits per heavy atom. The fourth-order valence-electron chi connectivity index (χ4n) is 2.97. The molecule has 1 aliphatic heterocycles. The molecule has 1 amide bonds. The number of carbonyl (C=O) groups excluding carboxylic acids is 2. The first-order valence-electron chi connectivity index (χ1n) is 8.80. The van der Waals surface area contributed by atoms with Crippen LogP contribution in [0.5, 0.6) is 0 Å². The van der Waals surface area contributed by atoms with Crippen LogP contribution in [0.15, 0.2) is 42.5 Å². The van der Waals surface area contributed by atoms with Crippen molar-refractivity contribution in [3.05, 3.63) is 58.1 Å². The molecule has 142 valence electrons. The van der Waals surface area contributed by atoms with Crippen LogP contribution >= 0.6 is 23.2 Å². The summed E-state index contributed by atoms with van der Waals surface area (Å²) in [5.41, 5.74) is 1.97. The van der Waals surface area contributed by atoms with E-state index >= 15 is 0 Å². The van der Waals surface area contributed by atoms with E-state index in [4.69, 9.17) is 27.9 Å². The summed E-state index contributed by atoms with van der Waals surface area (Å²) in [6.45, 7) is 1.73. The molecule has 0 aromatic heterocycles. The summed E-state index contributed by atoms with van der Waals surface area (Å²) >= 11 is 11.8. The van der Waals surface area contributed by atoms with Crippen LogP contribution in [0.4, 0.5) is 11.4 Å². The number of amides is 1. The van der Waals surface area contributed by atoms with E-state index in [1.54, 1.807) is 0 Å². The van der Waals surface area contributed by atoms with E-state index in [-0.39, 0.29) is 10.6 Å². The molecule has 0 saturated carbocycles. The van der Waals surface area contributed by atoms with Crippen LogP contribution in [0.2, 0.25) is 10.0 Å². The zero-order valence-electron chi connectivity index (χ0n) is 14.7. The molecule has 1 saturated heterocycles. The van der Waals surface area contributed by atoms with Crippen molar-refractivity contribution < 1.29 is 14.3 Å². The second kappa shape index (κ2) is 9.11. The number of hydrogen-bond acceptors (Lipinski definition) is 4. The van der Waals surface area contributed by atoms with Crippen molar-refractivity contribution in [1.29, 1.82) is 0 Å². The van der Waals surface area contributed by atoms with Gasteiger partial charge in [-0.1, -0.05) is 23.2 Å². The quantitative estimate of drug-likeness (QED) is 0.725. The Balaban J connectivity index is 1.50. The number of piperidine rings is 1. The van der Waals surface area contributed by atoms with Crippen molar-refractivity contribution in [1.82, 2.24) is 0 Å². The molecule has 5 nitrogen and oxygen atoms in total. The Kier molecular flexibility index (Phi) is 6.58. The number of rotatable bonds is 5. The second-order valence-corrected chi connectivity index (χ2v) is 7.19. The van der Waals surface area contributed by atoms with E-state index in [0.717, 1.165) is 18.8 Å². The monoisotopic (exact) mass is 406 g/mol. The highest BCUT2D eigenvalue weighted by atomic mass is 35.5. The largest absolute Gasteiger partial charge is 0.452 e. The minimum atomic E-state index is -0.674. The number of ether oxygens (including phenoxy) is 1. The normalized spacial score (nSPS) is 13.9. The van der Waals surface area contributed by atoms with Crippen LogP contribution in [0, 0.1) is 0 Å². The maximum Gasteiger partial charge on any atom is 0.340 e. The van der Waals surface area contributed by atoms with Gasteiger partial charge in [-0.15, -0.1) is 0 Å². The third-order valence-corrected chi connectivity index (χ3v) is 4.91. The van der Waals surface area contributed by atoms with Crippen molar-refractivity contribution >= 4 is 46.5 Å². The van der Waals surface area contributed by atoms with E-state index < -0.39 is 18.5 Å². The summed E-state index contributed by atoms with van der Waals surface area (Å²) in [7, 11) is 0. The number of nitrogens with one attached hydrogen (secondary N) is 1. The summed E-state index contributed by atoms with van der Waals surface area (Å²) in [4.78, 5) is 26.4. The van der Waals surface area contributed by atoms with Crippen LogP contribution in [0.3, 0.4) is 0 Å². The summed E-state index contributed by atoms with van der Waals surface area (Å²) in [6, 6.07) is 12.1. The summed E-state index contributed by atoms with van der Waals surface area (Å²) < 4.78 is 5.01. The molecule has 3 rings (SSSR count). The SMILES string of the molecule is O=C(COC(=O)c1ccc(Cl)cc1Cl)Nc1ccc(N2CCCCC2)cc1. The molecule has 0 unspecified atom stereocenters. The van der Waals surface area contributed by atoms with E-state index in [1.807, 2.05) is 24.3 Å². The molecule has 1 heterocycles. The number of esters is 1. The Morgan fingerprint density at radius 3 is 2.37 bits per heavy atom. The topological polar surface area (TPSA) is 58.6 Å². The van der Waals surface area contributed by atoms with Crippen molar-refractivity contribution in [3.8, 4) is 0 Å². The van der Waals surface area contributed by atoms with Gasteiger partial charge >= 0.3 is 5.97 Å². The van der Waals surface area contributed by atoms with Gasteiger partial charge in [0.2, 0.25) is 0 Å². The standard InChI is InChI=1S/C20H20Cl2N2O3/c21-14-4-9-17(18(22)12-14)20(26)27-13-19(25)23-15-5-7-16(8-6-15)24-10-2-1-3-11-24/h4-9,12H,1-3,10-11,13H2,(H,23,25). The summed E-state index contributed by atoms with van der Waals surface area (Å²) in [5.74, 6) is -1.09. The average molecular weight is 407 g/mol. The van der Waals surface area contributed by atoms with Crippen molar-refractivity contribution in [2.75, 3.05) is 29.9 Å². The van der Waals surface area contributed by atoms with Gasteiger partial charge in [0.05, 0.1) is 10.6 Å². The molecule has 1 aliphatic rings. The van der Waals surface area contributed by atoms with Gasteiger partial charge in [0.25, 0.3) is 5.91 Å². The molecule has 1 N–H and O–H groups in total. The van der Waals surface area contributed by atoms with Crippen LogP contribution in [0.1, 0.15) is 29.6 Å². The zero-order chi connectivity index (χ0) is 19.2. The molecule has 7 heteroatoms. The van der Waals surface area contributed by atoms with Crippen molar-refractivity contribution in [2.24, 2.45) is 0 Å². The zero-order valence-corrected chi connectivity index (χ0v) is 16.2. The Hall–Kier alpha value is -2.24. The maximum atomic E-state index is 12.0. The van der Waals surface area contributed by atoms with E-state index in [0.29, 0.717) is 10.7 Å². The van der Waals surface area contributed by atoms with Crippen molar-refractivity contribution in [3.63, 3.8) is 0 Å². The van der Waals surface area contributed by atoms with E-state index in [1.165, 1.54) is 37.5 Å². The first-order chi connectivity index (χ1) is 13.0. The molecule has 2 aromatic carbocycles. The number of carbonyl (C=O) groups is 2. The highest BCUT2D eigenvalue weighted by Gasteiger charge is 2.15. The molecule has 0 radical (unpaired) electrons. The molecular weight excluding hydrogens is 387 g/mol. The van der Waals surface area contributed by atoms with Crippen LogP contribution in [-0.2, 0) is 9.53 Å². The third-order valence-electron chi connectivity index (χ3n) is 4.36. The number of hydrogen-bond donors (Lipinski definition) is 1. The Labute approximate surface area is 168 Å². The minimum absolute atomic E-state index is 0.166. The molecule has 2 aromatic rings. The smallest absolute Gasteiger partial charge is 0.340 e.